The highest BCUT2D eigenvalue weighted by molar-refractivity contribution is 7.91. The number of amides is 2. The van der Waals surface area contributed by atoms with Crippen molar-refractivity contribution in [1.29, 1.82) is 0 Å². The first-order valence-corrected chi connectivity index (χ1v) is 10.4. The summed E-state index contributed by atoms with van der Waals surface area (Å²) in [7, 11) is -3.09. The van der Waals surface area contributed by atoms with Gasteiger partial charge in [-0.15, -0.1) is 11.3 Å². The number of aryl methyl sites for hydroxylation is 1. The average Bonchev–Trinajstić information content (AvgIpc) is 3.02. The first-order chi connectivity index (χ1) is 11.4. The van der Waals surface area contributed by atoms with Gasteiger partial charge < -0.3 is 15.5 Å². The molecule has 0 spiro atoms. The molecular weight excluding hydrogens is 348 g/mol. The molecule has 0 saturated carbocycles. The van der Waals surface area contributed by atoms with Gasteiger partial charge in [-0.25, -0.2) is 18.2 Å². The number of urea groups is 1. The van der Waals surface area contributed by atoms with Crippen LogP contribution in [0.4, 0.5) is 10.5 Å². The van der Waals surface area contributed by atoms with Crippen LogP contribution in [-0.4, -0.2) is 61.0 Å². The van der Waals surface area contributed by atoms with Crippen LogP contribution >= 0.6 is 11.3 Å². The third-order valence-corrected chi connectivity index (χ3v) is 7.16. The van der Waals surface area contributed by atoms with Gasteiger partial charge in [0.15, 0.2) is 9.84 Å². The van der Waals surface area contributed by atoms with Crippen LogP contribution in [0.3, 0.4) is 0 Å². The number of aromatic nitrogens is 1. The molecule has 2 amide bonds. The summed E-state index contributed by atoms with van der Waals surface area (Å²) in [6.07, 6.45) is 0. The Labute approximate surface area is 144 Å². The number of thiazole rings is 1. The molecule has 0 aliphatic carbocycles. The van der Waals surface area contributed by atoms with E-state index in [2.05, 4.69) is 15.6 Å². The normalized spacial score (nSPS) is 25.6. The van der Waals surface area contributed by atoms with Crippen LogP contribution < -0.4 is 10.6 Å². The summed E-state index contributed by atoms with van der Waals surface area (Å²) in [5.41, 5.74) is 1.53. The van der Waals surface area contributed by atoms with Crippen LogP contribution in [-0.2, 0) is 9.84 Å². The Hall–Kier alpha value is -1.71. The lowest BCUT2D eigenvalue weighted by Crippen LogP contribution is -2.59. The molecule has 2 fully saturated rings. The lowest BCUT2D eigenvalue weighted by atomic mass is 10.1. The number of hydrogen-bond donors (Lipinski definition) is 2. The Bertz CT molecular complexity index is 909. The van der Waals surface area contributed by atoms with Crippen molar-refractivity contribution in [1.82, 2.24) is 15.2 Å². The molecule has 9 heteroatoms. The van der Waals surface area contributed by atoms with Gasteiger partial charge in [0.25, 0.3) is 0 Å². The zero-order valence-corrected chi connectivity index (χ0v) is 14.8. The van der Waals surface area contributed by atoms with Crippen molar-refractivity contribution in [2.45, 2.75) is 19.0 Å². The Balaban J connectivity index is 1.54. The van der Waals surface area contributed by atoms with E-state index in [4.69, 9.17) is 0 Å². The number of nitrogens with one attached hydrogen (secondary N) is 2. The summed E-state index contributed by atoms with van der Waals surface area (Å²) in [4.78, 5) is 18.7. The lowest BCUT2D eigenvalue weighted by molar-refractivity contribution is 0.163. The summed E-state index contributed by atoms with van der Waals surface area (Å²) in [6, 6.07) is 4.92. The molecule has 128 valence electrons. The average molecular weight is 366 g/mol. The number of piperazine rings is 1. The molecule has 2 atom stereocenters. The van der Waals surface area contributed by atoms with E-state index in [1.165, 1.54) is 0 Å². The monoisotopic (exact) mass is 366 g/mol. The molecule has 2 unspecified atom stereocenters. The van der Waals surface area contributed by atoms with E-state index in [9.17, 15) is 13.2 Å². The van der Waals surface area contributed by atoms with Crippen molar-refractivity contribution in [2.24, 2.45) is 0 Å². The topological polar surface area (TPSA) is 91.4 Å². The summed E-state index contributed by atoms with van der Waals surface area (Å²) in [6.45, 7) is 3.05. The van der Waals surface area contributed by atoms with Gasteiger partial charge in [-0.3, -0.25) is 0 Å². The van der Waals surface area contributed by atoms with Crippen LogP contribution in [0.1, 0.15) is 5.01 Å². The zero-order valence-electron chi connectivity index (χ0n) is 13.2. The largest absolute Gasteiger partial charge is 0.322 e. The molecule has 2 aromatic rings. The highest BCUT2D eigenvalue weighted by Crippen LogP contribution is 2.26. The third-order valence-electron chi connectivity index (χ3n) is 4.49. The van der Waals surface area contributed by atoms with Crippen molar-refractivity contribution < 1.29 is 13.2 Å². The van der Waals surface area contributed by atoms with E-state index in [0.717, 1.165) is 15.2 Å². The minimum atomic E-state index is -3.09. The number of benzene rings is 1. The summed E-state index contributed by atoms with van der Waals surface area (Å²) < 4.78 is 24.8. The predicted octanol–water partition coefficient (Wildman–Crippen LogP) is 1.21. The molecule has 2 saturated heterocycles. The fourth-order valence-electron chi connectivity index (χ4n) is 3.44. The molecule has 3 heterocycles. The minimum Gasteiger partial charge on any atom is -0.318 e. The van der Waals surface area contributed by atoms with Crippen molar-refractivity contribution in [3.05, 3.63) is 23.2 Å². The Morgan fingerprint density at radius 2 is 2.25 bits per heavy atom. The van der Waals surface area contributed by atoms with E-state index in [0.29, 0.717) is 18.8 Å². The number of carbonyl (C=O) groups excluding carboxylic acids is 1. The highest BCUT2D eigenvalue weighted by atomic mass is 32.2. The maximum Gasteiger partial charge on any atom is 0.322 e. The van der Waals surface area contributed by atoms with Crippen molar-refractivity contribution in [3.8, 4) is 0 Å². The maximum atomic E-state index is 12.6. The van der Waals surface area contributed by atoms with Crippen LogP contribution in [0.5, 0.6) is 0 Å². The summed E-state index contributed by atoms with van der Waals surface area (Å²) in [5, 5.41) is 7.07. The fraction of sp³-hybridized carbons (Fsp3) is 0.467. The van der Waals surface area contributed by atoms with E-state index in [1.807, 2.05) is 25.1 Å². The van der Waals surface area contributed by atoms with Gasteiger partial charge in [0.05, 0.1) is 32.8 Å². The molecule has 0 radical (unpaired) electrons. The zero-order chi connectivity index (χ0) is 16.9. The predicted molar refractivity (Wildman–Crippen MR) is 94.3 cm³/mol. The van der Waals surface area contributed by atoms with Gasteiger partial charge in [-0.05, 0) is 25.1 Å². The fourth-order valence-corrected chi connectivity index (χ4v) is 6.20. The third kappa shape index (κ3) is 2.87. The van der Waals surface area contributed by atoms with E-state index in [1.54, 1.807) is 16.2 Å². The first kappa shape index (κ1) is 15.8. The van der Waals surface area contributed by atoms with E-state index in [-0.39, 0.29) is 29.6 Å². The quantitative estimate of drug-likeness (QED) is 0.791. The number of rotatable bonds is 1. The van der Waals surface area contributed by atoms with Gasteiger partial charge in [0.1, 0.15) is 0 Å². The summed E-state index contributed by atoms with van der Waals surface area (Å²) in [5.74, 6) is 0.133. The second-order valence-electron chi connectivity index (χ2n) is 6.24. The van der Waals surface area contributed by atoms with Crippen LogP contribution in [0.2, 0.25) is 0 Å². The van der Waals surface area contributed by atoms with E-state index >= 15 is 0 Å². The van der Waals surface area contributed by atoms with Crippen LogP contribution in [0.15, 0.2) is 18.2 Å². The molecule has 4 rings (SSSR count). The molecule has 1 aromatic carbocycles. The maximum absolute atomic E-state index is 12.6. The second-order valence-corrected chi connectivity index (χ2v) is 9.63. The number of sulfone groups is 1. The molecule has 2 aliphatic heterocycles. The SMILES string of the molecule is Cc1nc2cc(NC(=O)N3CCNC4CS(=O)(=O)CC43)ccc2s1. The number of anilines is 1. The number of carbonyl (C=O) groups is 1. The van der Waals surface area contributed by atoms with Gasteiger partial charge in [-0.1, -0.05) is 0 Å². The first-order valence-electron chi connectivity index (χ1n) is 7.80. The molecule has 0 bridgehead atoms. The smallest absolute Gasteiger partial charge is 0.318 e. The van der Waals surface area contributed by atoms with Crippen LogP contribution in [0.25, 0.3) is 10.2 Å². The van der Waals surface area contributed by atoms with E-state index < -0.39 is 9.84 Å². The number of fused-ring (bicyclic) bond motifs is 2. The van der Waals surface area contributed by atoms with Gasteiger partial charge >= 0.3 is 6.03 Å². The Morgan fingerprint density at radius 3 is 3.08 bits per heavy atom. The standard InChI is InChI=1S/C15H18N4O3S2/c1-9-17-11-6-10(2-3-14(11)23-9)18-15(20)19-5-4-16-12-7-24(21,22)8-13(12)19/h2-3,6,12-13,16H,4-5,7-8H2,1H3,(H,18,20). The summed E-state index contributed by atoms with van der Waals surface area (Å²) >= 11 is 1.61. The molecule has 2 aliphatic rings. The minimum absolute atomic E-state index is 0.0302. The molecule has 7 nitrogen and oxygen atoms in total. The molecular formula is C15H18N4O3S2. The number of hydrogen-bond acceptors (Lipinski definition) is 6. The van der Waals surface area contributed by atoms with Gasteiger partial charge in [0, 0.05) is 24.8 Å². The molecule has 1 aromatic heterocycles. The molecule has 24 heavy (non-hydrogen) atoms. The van der Waals surface area contributed by atoms with Gasteiger partial charge in [0.2, 0.25) is 0 Å². The van der Waals surface area contributed by atoms with Crippen molar-refractivity contribution in [3.63, 3.8) is 0 Å². The van der Waals surface area contributed by atoms with Crippen molar-refractivity contribution >= 4 is 43.1 Å². The highest BCUT2D eigenvalue weighted by Gasteiger charge is 2.44. The van der Waals surface area contributed by atoms with Crippen LogP contribution in [0, 0.1) is 6.92 Å². The van der Waals surface area contributed by atoms with Gasteiger partial charge in [-0.2, -0.15) is 0 Å². The second kappa shape index (κ2) is 5.68. The Kier molecular flexibility index (Phi) is 3.74. The number of nitrogens with zero attached hydrogens (tertiary/aromatic N) is 2. The van der Waals surface area contributed by atoms with Crippen molar-refractivity contribution in [2.75, 3.05) is 29.9 Å². The Morgan fingerprint density at radius 1 is 1.42 bits per heavy atom. The lowest BCUT2D eigenvalue weighted by Gasteiger charge is -2.37. The molecule has 2 N–H and O–H groups in total.